The summed E-state index contributed by atoms with van der Waals surface area (Å²) in [7, 11) is 0. The molecular formula is C23H26ClN5O. The number of rotatable bonds is 4. The molecule has 0 atom stereocenters. The maximum absolute atomic E-state index is 13.1. The Morgan fingerprint density at radius 2 is 1.60 bits per heavy atom. The van der Waals surface area contributed by atoms with Crippen molar-refractivity contribution in [1.82, 2.24) is 19.7 Å². The van der Waals surface area contributed by atoms with Crippen molar-refractivity contribution in [2.75, 3.05) is 31.1 Å². The van der Waals surface area contributed by atoms with E-state index in [1.54, 1.807) is 4.68 Å². The van der Waals surface area contributed by atoms with Gasteiger partial charge in [0.05, 0.1) is 16.4 Å². The first kappa shape index (κ1) is 20.4. The zero-order valence-corrected chi connectivity index (χ0v) is 18.3. The molecule has 1 saturated heterocycles. The van der Waals surface area contributed by atoms with Crippen molar-refractivity contribution in [2.45, 2.75) is 26.7 Å². The standard InChI is InChI=1S/C23H26ClN5O/c1-16(2)18-8-4-6-10-20(18)29-17(3)25-22(26-29)23(30)28-14-12-27(13-15-28)21-11-7-5-9-19(21)24/h4-11,16H,12-15H2,1-3H3. The van der Waals surface area contributed by atoms with Gasteiger partial charge in [-0.15, -0.1) is 5.10 Å². The highest BCUT2D eigenvalue weighted by molar-refractivity contribution is 6.33. The van der Waals surface area contributed by atoms with Crippen LogP contribution < -0.4 is 4.90 Å². The van der Waals surface area contributed by atoms with Crippen molar-refractivity contribution in [1.29, 1.82) is 0 Å². The topological polar surface area (TPSA) is 54.3 Å². The van der Waals surface area contributed by atoms with Gasteiger partial charge in [-0.2, -0.15) is 0 Å². The molecule has 0 saturated carbocycles. The van der Waals surface area contributed by atoms with E-state index in [-0.39, 0.29) is 11.7 Å². The molecule has 4 rings (SSSR count). The lowest BCUT2D eigenvalue weighted by atomic mass is 10.0. The van der Waals surface area contributed by atoms with Gasteiger partial charge in [-0.1, -0.05) is 55.8 Å². The van der Waals surface area contributed by atoms with Crippen molar-refractivity contribution < 1.29 is 4.79 Å². The first-order valence-electron chi connectivity index (χ1n) is 10.3. The number of carbonyl (C=O) groups is 1. The summed E-state index contributed by atoms with van der Waals surface area (Å²) in [4.78, 5) is 21.6. The second kappa shape index (κ2) is 8.48. The molecule has 1 aliphatic heterocycles. The Balaban J connectivity index is 1.51. The van der Waals surface area contributed by atoms with Crippen LogP contribution in [0.1, 0.15) is 41.8 Å². The first-order valence-corrected chi connectivity index (χ1v) is 10.6. The van der Waals surface area contributed by atoms with Crippen LogP contribution in [0.4, 0.5) is 5.69 Å². The number of hydrogen-bond acceptors (Lipinski definition) is 4. The summed E-state index contributed by atoms with van der Waals surface area (Å²) in [5, 5.41) is 5.30. The second-order valence-corrected chi connectivity index (χ2v) is 8.25. The maximum Gasteiger partial charge on any atom is 0.293 e. The fourth-order valence-electron chi connectivity index (χ4n) is 3.88. The molecule has 2 heterocycles. The summed E-state index contributed by atoms with van der Waals surface area (Å²) >= 11 is 6.32. The Morgan fingerprint density at radius 3 is 2.27 bits per heavy atom. The lowest BCUT2D eigenvalue weighted by Crippen LogP contribution is -2.49. The number of piperazine rings is 1. The van der Waals surface area contributed by atoms with Gasteiger partial charge in [0.25, 0.3) is 5.91 Å². The quantitative estimate of drug-likeness (QED) is 0.627. The van der Waals surface area contributed by atoms with E-state index in [1.807, 2.05) is 54.3 Å². The van der Waals surface area contributed by atoms with Crippen molar-refractivity contribution in [3.8, 4) is 5.69 Å². The monoisotopic (exact) mass is 423 g/mol. The molecule has 1 amide bonds. The molecule has 0 spiro atoms. The number of halogens is 1. The maximum atomic E-state index is 13.1. The number of nitrogens with zero attached hydrogens (tertiary/aromatic N) is 5. The van der Waals surface area contributed by atoms with Gasteiger partial charge in [0, 0.05) is 26.2 Å². The van der Waals surface area contributed by atoms with Crippen LogP contribution in [-0.4, -0.2) is 51.8 Å². The summed E-state index contributed by atoms with van der Waals surface area (Å²) in [6.45, 7) is 8.86. The molecule has 156 valence electrons. The van der Waals surface area contributed by atoms with Gasteiger partial charge in [-0.05, 0) is 36.6 Å². The second-order valence-electron chi connectivity index (χ2n) is 7.84. The Labute approximate surface area is 182 Å². The van der Waals surface area contributed by atoms with E-state index in [0.717, 1.165) is 29.5 Å². The van der Waals surface area contributed by atoms with Gasteiger partial charge in [0.1, 0.15) is 5.82 Å². The van der Waals surface area contributed by atoms with Crippen LogP contribution in [-0.2, 0) is 0 Å². The number of aryl methyl sites for hydroxylation is 1. The molecule has 1 fully saturated rings. The van der Waals surface area contributed by atoms with Gasteiger partial charge in [0.2, 0.25) is 5.82 Å². The van der Waals surface area contributed by atoms with E-state index in [9.17, 15) is 4.79 Å². The Bertz CT molecular complexity index is 1050. The molecule has 3 aromatic rings. The minimum Gasteiger partial charge on any atom is -0.367 e. The van der Waals surface area contributed by atoms with Crippen LogP contribution in [0.2, 0.25) is 5.02 Å². The van der Waals surface area contributed by atoms with E-state index in [2.05, 4.69) is 34.9 Å². The van der Waals surface area contributed by atoms with Crippen LogP contribution in [0.25, 0.3) is 5.69 Å². The molecule has 0 radical (unpaired) electrons. The molecule has 0 bridgehead atoms. The lowest BCUT2D eigenvalue weighted by molar-refractivity contribution is 0.0734. The Kier molecular flexibility index (Phi) is 5.77. The van der Waals surface area contributed by atoms with Crippen LogP contribution in [0.5, 0.6) is 0 Å². The summed E-state index contributed by atoms with van der Waals surface area (Å²) in [5.74, 6) is 1.18. The van der Waals surface area contributed by atoms with Gasteiger partial charge in [0.15, 0.2) is 0 Å². The predicted octanol–water partition coefficient (Wildman–Crippen LogP) is 4.31. The van der Waals surface area contributed by atoms with E-state index in [4.69, 9.17) is 11.6 Å². The smallest absolute Gasteiger partial charge is 0.293 e. The van der Waals surface area contributed by atoms with Gasteiger partial charge >= 0.3 is 0 Å². The van der Waals surface area contributed by atoms with Crippen LogP contribution in [0.3, 0.4) is 0 Å². The summed E-state index contributed by atoms with van der Waals surface area (Å²) in [6.07, 6.45) is 0. The highest BCUT2D eigenvalue weighted by atomic mass is 35.5. The molecule has 0 N–H and O–H groups in total. The zero-order chi connectivity index (χ0) is 21.3. The van der Waals surface area contributed by atoms with Crippen molar-refractivity contribution in [3.63, 3.8) is 0 Å². The molecule has 0 unspecified atom stereocenters. The molecule has 2 aromatic carbocycles. The number of aromatic nitrogens is 3. The van der Waals surface area contributed by atoms with Crippen molar-refractivity contribution in [3.05, 3.63) is 70.8 Å². The van der Waals surface area contributed by atoms with Gasteiger partial charge < -0.3 is 9.80 Å². The number of anilines is 1. The normalized spacial score (nSPS) is 14.4. The number of benzene rings is 2. The highest BCUT2D eigenvalue weighted by Crippen LogP contribution is 2.26. The number of amides is 1. The van der Waals surface area contributed by atoms with E-state index in [0.29, 0.717) is 24.8 Å². The van der Waals surface area contributed by atoms with Crippen LogP contribution >= 0.6 is 11.6 Å². The molecule has 1 aliphatic rings. The van der Waals surface area contributed by atoms with E-state index < -0.39 is 0 Å². The number of para-hydroxylation sites is 2. The fraction of sp³-hybridized carbons (Fsp3) is 0.348. The van der Waals surface area contributed by atoms with Crippen LogP contribution in [0, 0.1) is 6.92 Å². The SMILES string of the molecule is Cc1nc(C(=O)N2CCN(c3ccccc3Cl)CC2)nn1-c1ccccc1C(C)C. The largest absolute Gasteiger partial charge is 0.367 e. The summed E-state index contributed by atoms with van der Waals surface area (Å²) in [5.41, 5.74) is 3.16. The third kappa shape index (κ3) is 3.92. The minimum absolute atomic E-state index is 0.127. The predicted molar refractivity (Wildman–Crippen MR) is 120 cm³/mol. The molecule has 30 heavy (non-hydrogen) atoms. The number of carbonyl (C=O) groups excluding carboxylic acids is 1. The average Bonchev–Trinajstić information content (AvgIpc) is 3.15. The van der Waals surface area contributed by atoms with Crippen LogP contribution in [0.15, 0.2) is 48.5 Å². The number of hydrogen-bond donors (Lipinski definition) is 0. The molecule has 0 aliphatic carbocycles. The molecule has 6 nitrogen and oxygen atoms in total. The lowest BCUT2D eigenvalue weighted by Gasteiger charge is -2.36. The zero-order valence-electron chi connectivity index (χ0n) is 17.5. The molecule has 1 aromatic heterocycles. The third-order valence-corrected chi connectivity index (χ3v) is 5.83. The average molecular weight is 424 g/mol. The minimum atomic E-state index is -0.127. The summed E-state index contributed by atoms with van der Waals surface area (Å²) < 4.78 is 1.78. The van der Waals surface area contributed by atoms with Crippen molar-refractivity contribution >= 4 is 23.2 Å². The van der Waals surface area contributed by atoms with Gasteiger partial charge in [-0.3, -0.25) is 4.79 Å². The van der Waals surface area contributed by atoms with E-state index in [1.165, 1.54) is 5.56 Å². The van der Waals surface area contributed by atoms with Gasteiger partial charge in [-0.25, -0.2) is 9.67 Å². The summed E-state index contributed by atoms with van der Waals surface area (Å²) in [6, 6.07) is 15.9. The Hall–Kier alpha value is -2.86. The third-order valence-electron chi connectivity index (χ3n) is 5.51. The highest BCUT2D eigenvalue weighted by Gasteiger charge is 2.26. The first-order chi connectivity index (χ1) is 14.5. The van der Waals surface area contributed by atoms with Crippen molar-refractivity contribution in [2.24, 2.45) is 0 Å². The van der Waals surface area contributed by atoms with E-state index >= 15 is 0 Å². The fourth-order valence-corrected chi connectivity index (χ4v) is 4.13. The Morgan fingerprint density at radius 1 is 0.967 bits per heavy atom. The molecular weight excluding hydrogens is 398 g/mol. The molecule has 7 heteroatoms.